The lowest BCUT2D eigenvalue weighted by Gasteiger charge is -2.26. The fourth-order valence-electron chi connectivity index (χ4n) is 3.96. The van der Waals surface area contributed by atoms with Gasteiger partial charge in [-0.2, -0.15) is 0 Å². The molecule has 2 N–H and O–H groups in total. The number of ether oxygens (including phenoxy) is 2. The second-order valence-electron chi connectivity index (χ2n) is 6.72. The van der Waals surface area contributed by atoms with E-state index in [9.17, 15) is 0 Å². The Labute approximate surface area is 154 Å². The average Bonchev–Trinajstić information content (AvgIpc) is 3.06. The summed E-state index contributed by atoms with van der Waals surface area (Å²) >= 11 is 0. The molecular formula is C22H26N2O2. The molecule has 0 saturated carbocycles. The van der Waals surface area contributed by atoms with E-state index in [1.807, 2.05) is 13.0 Å². The van der Waals surface area contributed by atoms with Crippen LogP contribution in [0.25, 0.3) is 10.9 Å². The smallest absolute Gasteiger partial charge is 0.124 e. The summed E-state index contributed by atoms with van der Waals surface area (Å²) in [6.07, 6.45) is 2.03. The van der Waals surface area contributed by atoms with Gasteiger partial charge in [0.2, 0.25) is 0 Å². The van der Waals surface area contributed by atoms with E-state index in [1.54, 1.807) is 7.11 Å². The summed E-state index contributed by atoms with van der Waals surface area (Å²) in [4.78, 5) is 3.65. The van der Waals surface area contributed by atoms with Crippen LogP contribution in [-0.2, 0) is 12.8 Å². The van der Waals surface area contributed by atoms with Crippen LogP contribution in [-0.4, -0.2) is 25.2 Å². The van der Waals surface area contributed by atoms with Crippen molar-refractivity contribution in [2.45, 2.75) is 32.7 Å². The number of hydrogen-bond acceptors (Lipinski definition) is 3. The lowest BCUT2D eigenvalue weighted by molar-refractivity contribution is 0.340. The van der Waals surface area contributed by atoms with Gasteiger partial charge in [-0.25, -0.2) is 0 Å². The van der Waals surface area contributed by atoms with Gasteiger partial charge in [0.25, 0.3) is 0 Å². The highest BCUT2D eigenvalue weighted by atomic mass is 16.5. The lowest BCUT2D eigenvalue weighted by atomic mass is 9.92. The Morgan fingerprint density at radius 3 is 2.77 bits per heavy atom. The van der Waals surface area contributed by atoms with Crippen molar-refractivity contribution >= 4 is 10.9 Å². The highest BCUT2D eigenvalue weighted by Crippen LogP contribution is 2.38. The maximum absolute atomic E-state index is 5.70. The van der Waals surface area contributed by atoms with Gasteiger partial charge in [-0.3, -0.25) is 0 Å². The number of nitrogens with one attached hydrogen (secondary N) is 2. The van der Waals surface area contributed by atoms with Crippen LogP contribution >= 0.6 is 0 Å². The first kappa shape index (κ1) is 17.0. The molecular weight excluding hydrogens is 324 g/mol. The minimum atomic E-state index is 0.114. The first-order valence-electron chi connectivity index (χ1n) is 9.42. The topological polar surface area (TPSA) is 46.3 Å². The standard InChI is InChI=1S/C22H26N2O2/c1-4-14-6-9-20(25-3)18(12-14)21-22-16(10-11-23-21)17-13-15(26-5-2)7-8-19(17)24-22/h6-9,12-13,21,23-24H,4-5,10-11H2,1-3H3. The molecule has 26 heavy (non-hydrogen) atoms. The molecule has 4 nitrogen and oxygen atoms in total. The fourth-order valence-corrected chi connectivity index (χ4v) is 3.96. The zero-order chi connectivity index (χ0) is 18.1. The highest BCUT2D eigenvalue weighted by molar-refractivity contribution is 5.86. The third-order valence-corrected chi connectivity index (χ3v) is 5.25. The number of aromatic amines is 1. The van der Waals surface area contributed by atoms with E-state index in [-0.39, 0.29) is 6.04 Å². The largest absolute Gasteiger partial charge is 0.496 e. The second-order valence-corrected chi connectivity index (χ2v) is 6.72. The maximum atomic E-state index is 5.70. The van der Waals surface area contributed by atoms with Crippen LogP contribution in [0.4, 0.5) is 0 Å². The van der Waals surface area contributed by atoms with E-state index >= 15 is 0 Å². The molecule has 4 heteroatoms. The van der Waals surface area contributed by atoms with Crippen LogP contribution in [0.5, 0.6) is 11.5 Å². The minimum Gasteiger partial charge on any atom is -0.496 e. The summed E-state index contributed by atoms with van der Waals surface area (Å²) < 4.78 is 11.4. The molecule has 1 aliphatic rings. The van der Waals surface area contributed by atoms with Crippen molar-refractivity contribution in [3.05, 3.63) is 58.8 Å². The van der Waals surface area contributed by atoms with Crippen LogP contribution in [0.2, 0.25) is 0 Å². The van der Waals surface area contributed by atoms with Gasteiger partial charge >= 0.3 is 0 Å². The van der Waals surface area contributed by atoms with Gasteiger partial charge in [-0.05, 0) is 55.2 Å². The first-order chi connectivity index (χ1) is 12.7. The molecule has 0 fully saturated rings. The molecule has 2 aromatic carbocycles. The van der Waals surface area contributed by atoms with E-state index < -0.39 is 0 Å². The van der Waals surface area contributed by atoms with E-state index in [1.165, 1.54) is 27.8 Å². The van der Waals surface area contributed by atoms with Crippen molar-refractivity contribution < 1.29 is 9.47 Å². The summed E-state index contributed by atoms with van der Waals surface area (Å²) in [5.41, 5.74) is 6.31. The molecule has 1 unspecified atom stereocenters. The average molecular weight is 350 g/mol. The molecule has 3 aromatic rings. The predicted octanol–water partition coefficient (Wildman–Crippen LogP) is 4.37. The Bertz CT molecular complexity index is 929. The molecule has 1 aromatic heterocycles. The van der Waals surface area contributed by atoms with Crippen LogP contribution in [0.15, 0.2) is 36.4 Å². The van der Waals surface area contributed by atoms with Crippen molar-refractivity contribution in [2.24, 2.45) is 0 Å². The van der Waals surface area contributed by atoms with Crippen LogP contribution in [0.1, 0.15) is 42.3 Å². The van der Waals surface area contributed by atoms with Gasteiger partial charge in [0.1, 0.15) is 11.5 Å². The third-order valence-electron chi connectivity index (χ3n) is 5.25. The summed E-state index contributed by atoms with van der Waals surface area (Å²) in [5, 5.41) is 4.94. The molecule has 2 heterocycles. The minimum absolute atomic E-state index is 0.114. The molecule has 1 atom stereocenters. The Morgan fingerprint density at radius 2 is 2.00 bits per heavy atom. The number of benzene rings is 2. The number of hydrogen-bond donors (Lipinski definition) is 2. The van der Waals surface area contributed by atoms with E-state index in [2.05, 4.69) is 47.6 Å². The van der Waals surface area contributed by atoms with Gasteiger partial charge < -0.3 is 19.8 Å². The summed E-state index contributed by atoms with van der Waals surface area (Å²) in [6, 6.07) is 12.9. The quantitative estimate of drug-likeness (QED) is 0.718. The Balaban J connectivity index is 1.84. The Kier molecular flexibility index (Phi) is 4.60. The summed E-state index contributed by atoms with van der Waals surface area (Å²) in [6.45, 7) is 5.83. The van der Waals surface area contributed by atoms with Crippen molar-refractivity contribution in [3.63, 3.8) is 0 Å². The van der Waals surface area contributed by atoms with Gasteiger partial charge in [0.15, 0.2) is 0 Å². The van der Waals surface area contributed by atoms with E-state index in [4.69, 9.17) is 9.47 Å². The molecule has 0 aliphatic carbocycles. The Hall–Kier alpha value is -2.46. The second kappa shape index (κ2) is 7.04. The van der Waals surface area contributed by atoms with Crippen molar-refractivity contribution in [3.8, 4) is 11.5 Å². The number of H-pyrrole nitrogens is 1. The van der Waals surface area contributed by atoms with Gasteiger partial charge in [-0.1, -0.05) is 19.1 Å². The normalized spacial score (nSPS) is 16.5. The number of aromatic nitrogens is 1. The molecule has 136 valence electrons. The lowest BCUT2D eigenvalue weighted by Crippen LogP contribution is -2.30. The van der Waals surface area contributed by atoms with E-state index in [0.717, 1.165) is 36.4 Å². The summed E-state index contributed by atoms with van der Waals surface area (Å²) in [7, 11) is 1.74. The van der Waals surface area contributed by atoms with Gasteiger partial charge in [0.05, 0.1) is 19.8 Å². The molecule has 0 bridgehead atoms. The maximum Gasteiger partial charge on any atom is 0.124 e. The molecule has 0 radical (unpaired) electrons. The van der Waals surface area contributed by atoms with Crippen molar-refractivity contribution in [1.29, 1.82) is 0 Å². The number of fused-ring (bicyclic) bond motifs is 3. The highest BCUT2D eigenvalue weighted by Gasteiger charge is 2.27. The number of methoxy groups -OCH3 is 1. The van der Waals surface area contributed by atoms with Crippen LogP contribution in [0.3, 0.4) is 0 Å². The molecule has 1 aliphatic heterocycles. The van der Waals surface area contributed by atoms with E-state index in [0.29, 0.717) is 6.61 Å². The van der Waals surface area contributed by atoms with Crippen LogP contribution < -0.4 is 14.8 Å². The summed E-state index contributed by atoms with van der Waals surface area (Å²) in [5.74, 6) is 1.86. The predicted molar refractivity (Wildman–Crippen MR) is 105 cm³/mol. The van der Waals surface area contributed by atoms with Crippen molar-refractivity contribution in [1.82, 2.24) is 10.3 Å². The van der Waals surface area contributed by atoms with Gasteiger partial charge in [0, 0.05) is 28.7 Å². The van der Waals surface area contributed by atoms with Crippen LogP contribution in [0, 0.1) is 0 Å². The molecule has 0 spiro atoms. The zero-order valence-electron chi connectivity index (χ0n) is 15.7. The van der Waals surface area contributed by atoms with Gasteiger partial charge in [-0.15, -0.1) is 0 Å². The number of aryl methyl sites for hydroxylation is 1. The Morgan fingerprint density at radius 1 is 1.12 bits per heavy atom. The number of rotatable bonds is 5. The molecule has 0 saturated heterocycles. The first-order valence-corrected chi connectivity index (χ1v) is 9.42. The fraction of sp³-hybridized carbons (Fsp3) is 0.364. The SMILES string of the molecule is CCOc1ccc2[nH]c3c(c2c1)CCNC3c1cc(CC)ccc1OC. The molecule has 4 rings (SSSR count). The van der Waals surface area contributed by atoms with Crippen molar-refractivity contribution in [2.75, 3.05) is 20.3 Å². The third kappa shape index (κ3) is 2.84. The molecule has 0 amide bonds. The zero-order valence-corrected chi connectivity index (χ0v) is 15.7. The monoisotopic (exact) mass is 350 g/mol.